The van der Waals surface area contributed by atoms with E-state index in [9.17, 15) is 0 Å². The third kappa shape index (κ3) is 7.19. The number of nitrogens with zero attached hydrogens (tertiary/aromatic N) is 2. The van der Waals surface area contributed by atoms with Gasteiger partial charge in [-0.05, 0) is 53.7 Å². The second-order valence-electron chi connectivity index (χ2n) is 7.05. The van der Waals surface area contributed by atoms with Gasteiger partial charge < -0.3 is 15.4 Å². The summed E-state index contributed by atoms with van der Waals surface area (Å²) in [6.07, 6.45) is 4.38. The standard InChI is InChI=1S/C18H38N4OS/c1-7-19-17(20-10-11-22(15(2)3)16(4)5)21-14-18(24-6)8-12-23-13-9-18/h15-16H,7-14H2,1-6H3,(H2,19,20,21). The summed E-state index contributed by atoms with van der Waals surface area (Å²) in [7, 11) is 0. The van der Waals surface area contributed by atoms with Crippen LogP contribution in [0.3, 0.4) is 0 Å². The van der Waals surface area contributed by atoms with Crippen LogP contribution in [0.4, 0.5) is 0 Å². The summed E-state index contributed by atoms with van der Waals surface area (Å²) in [5.41, 5.74) is 0. The average Bonchev–Trinajstić information content (AvgIpc) is 2.56. The molecule has 1 aliphatic heterocycles. The lowest BCUT2D eigenvalue weighted by atomic mass is 9.99. The zero-order valence-corrected chi connectivity index (χ0v) is 17.3. The van der Waals surface area contributed by atoms with E-state index in [0.717, 1.165) is 58.2 Å². The van der Waals surface area contributed by atoms with E-state index in [1.807, 2.05) is 11.8 Å². The van der Waals surface area contributed by atoms with E-state index < -0.39 is 0 Å². The molecule has 1 aliphatic rings. The molecule has 0 spiro atoms. The highest BCUT2D eigenvalue weighted by Gasteiger charge is 2.31. The van der Waals surface area contributed by atoms with Crippen LogP contribution in [-0.4, -0.2) is 73.3 Å². The fourth-order valence-electron chi connectivity index (χ4n) is 3.15. The van der Waals surface area contributed by atoms with E-state index >= 15 is 0 Å². The molecule has 142 valence electrons. The van der Waals surface area contributed by atoms with Crippen LogP contribution in [0.2, 0.25) is 0 Å². The molecule has 2 N–H and O–H groups in total. The third-order valence-corrected chi connectivity index (χ3v) is 6.10. The Kier molecular flexibility index (Phi) is 10.1. The van der Waals surface area contributed by atoms with Gasteiger partial charge in [0.05, 0.1) is 6.54 Å². The summed E-state index contributed by atoms with van der Waals surface area (Å²) in [5.74, 6) is 0.935. The lowest BCUT2D eigenvalue weighted by Crippen LogP contribution is -2.46. The maximum atomic E-state index is 5.52. The monoisotopic (exact) mass is 358 g/mol. The molecule has 1 rings (SSSR count). The highest BCUT2D eigenvalue weighted by Crippen LogP contribution is 2.33. The van der Waals surface area contributed by atoms with Gasteiger partial charge in [-0.15, -0.1) is 0 Å². The van der Waals surface area contributed by atoms with Crippen molar-refractivity contribution in [3.05, 3.63) is 0 Å². The molecule has 0 bridgehead atoms. The van der Waals surface area contributed by atoms with Gasteiger partial charge in [-0.3, -0.25) is 9.89 Å². The molecule has 5 nitrogen and oxygen atoms in total. The van der Waals surface area contributed by atoms with Gasteiger partial charge in [-0.1, -0.05) is 0 Å². The highest BCUT2D eigenvalue weighted by molar-refractivity contribution is 8.00. The molecule has 0 aromatic rings. The third-order valence-electron chi connectivity index (χ3n) is 4.70. The van der Waals surface area contributed by atoms with Crippen molar-refractivity contribution in [3.63, 3.8) is 0 Å². The van der Waals surface area contributed by atoms with Crippen LogP contribution in [0, 0.1) is 0 Å². The number of nitrogens with one attached hydrogen (secondary N) is 2. The van der Waals surface area contributed by atoms with Crippen molar-refractivity contribution < 1.29 is 4.74 Å². The molecule has 0 unspecified atom stereocenters. The Morgan fingerprint density at radius 3 is 2.29 bits per heavy atom. The SMILES string of the molecule is CCNC(=NCC1(SC)CCOCC1)NCCN(C(C)C)C(C)C. The summed E-state index contributed by atoms with van der Waals surface area (Å²) in [4.78, 5) is 7.36. The number of aliphatic imine (C=N–C) groups is 1. The van der Waals surface area contributed by atoms with Crippen LogP contribution >= 0.6 is 11.8 Å². The van der Waals surface area contributed by atoms with Crippen LogP contribution < -0.4 is 10.6 Å². The van der Waals surface area contributed by atoms with Crippen molar-refractivity contribution in [2.24, 2.45) is 4.99 Å². The van der Waals surface area contributed by atoms with Gasteiger partial charge in [0, 0.05) is 49.7 Å². The quantitative estimate of drug-likeness (QED) is 0.490. The van der Waals surface area contributed by atoms with Crippen LogP contribution in [0.1, 0.15) is 47.5 Å². The fourth-order valence-corrected chi connectivity index (χ4v) is 3.92. The van der Waals surface area contributed by atoms with Crippen molar-refractivity contribution in [1.29, 1.82) is 0 Å². The molecule has 0 aromatic heterocycles. The van der Waals surface area contributed by atoms with Crippen molar-refractivity contribution in [3.8, 4) is 0 Å². The van der Waals surface area contributed by atoms with E-state index in [1.54, 1.807) is 0 Å². The second-order valence-corrected chi connectivity index (χ2v) is 8.32. The predicted molar refractivity (Wildman–Crippen MR) is 107 cm³/mol. The summed E-state index contributed by atoms with van der Waals surface area (Å²) < 4.78 is 5.76. The van der Waals surface area contributed by atoms with Gasteiger partial charge in [0.1, 0.15) is 0 Å². The normalized spacial score (nSPS) is 18.5. The van der Waals surface area contributed by atoms with Crippen molar-refractivity contribution in [1.82, 2.24) is 15.5 Å². The first-order valence-electron chi connectivity index (χ1n) is 9.35. The smallest absolute Gasteiger partial charge is 0.191 e. The van der Waals surface area contributed by atoms with Gasteiger partial charge in [0.25, 0.3) is 0 Å². The molecule has 0 amide bonds. The van der Waals surface area contributed by atoms with E-state index in [1.165, 1.54) is 0 Å². The zero-order chi connectivity index (χ0) is 18.0. The molecule has 0 radical (unpaired) electrons. The minimum absolute atomic E-state index is 0.239. The number of ether oxygens (including phenoxy) is 1. The maximum Gasteiger partial charge on any atom is 0.191 e. The van der Waals surface area contributed by atoms with Gasteiger partial charge in [0.15, 0.2) is 5.96 Å². The molecule has 0 aromatic carbocycles. The Bertz CT molecular complexity index is 360. The molecule has 0 aliphatic carbocycles. The molecule has 1 fully saturated rings. The fraction of sp³-hybridized carbons (Fsp3) is 0.944. The van der Waals surface area contributed by atoms with E-state index in [-0.39, 0.29) is 4.75 Å². The molecule has 24 heavy (non-hydrogen) atoms. The van der Waals surface area contributed by atoms with Gasteiger partial charge >= 0.3 is 0 Å². The van der Waals surface area contributed by atoms with Crippen molar-refractivity contribution in [2.75, 3.05) is 45.6 Å². The molecular formula is C18H38N4OS. The van der Waals surface area contributed by atoms with Crippen LogP contribution in [0.25, 0.3) is 0 Å². The lowest BCUT2D eigenvalue weighted by molar-refractivity contribution is 0.0794. The number of thioether (sulfide) groups is 1. The number of hydrogen-bond donors (Lipinski definition) is 2. The topological polar surface area (TPSA) is 48.9 Å². The number of guanidine groups is 1. The Labute approximate surface area is 153 Å². The lowest BCUT2D eigenvalue weighted by Gasteiger charge is -2.34. The number of hydrogen-bond acceptors (Lipinski definition) is 4. The highest BCUT2D eigenvalue weighted by atomic mass is 32.2. The van der Waals surface area contributed by atoms with Crippen molar-refractivity contribution >= 4 is 17.7 Å². The maximum absolute atomic E-state index is 5.52. The Morgan fingerprint density at radius 1 is 1.17 bits per heavy atom. The largest absolute Gasteiger partial charge is 0.381 e. The van der Waals surface area contributed by atoms with E-state index in [4.69, 9.17) is 9.73 Å². The molecule has 1 saturated heterocycles. The van der Waals surface area contributed by atoms with Crippen molar-refractivity contribution in [2.45, 2.75) is 64.3 Å². The average molecular weight is 359 g/mol. The van der Waals surface area contributed by atoms with Crippen LogP contribution in [-0.2, 0) is 4.74 Å². The van der Waals surface area contributed by atoms with Gasteiger partial charge in [-0.2, -0.15) is 11.8 Å². The minimum atomic E-state index is 0.239. The Morgan fingerprint density at radius 2 is 1.79 bits per heavy atom. The Balaban J connectivity index is 2.55. The molecule has 0 atom stereocenters. The van der Waals surface area contributed by atoms with Crippen LogP contribution in [0.15, 0.2) is 4.99 Å². The van der Waals surface area contributed by atoms with E-state index in [2.05, 4.69) is 56.4 Å². The molecular weight excluding hydrogens is 320 g/mol. The predicted octanol–water partition coefficient (Wildman–Crippen LogP) is 2.57. The summed E-state index contributed by atoms with van der Waals surface area (Å²) in [6, 6.07) is 1.13. The van der Waals surface area contributed by atoms with Crippen LogP contribution in [0.5, 0.6) is 0 Å². The van der Waals surface area contributed by atoms with Gasteiger partial charge in [-0.25, -0.2) is 0 Å². The zero-order valence-electron chi connectivity index (χ0n) is 16.5. The summed E-state index contributed by atoms with van der Waals surface area (Å²) in [5, 5.41) is 6.87. The summed E-state index contributed by atoms with van der Waals surface area (Å²) in [6.45, 7) is 16.5. The summed E-state index contributed by atoms with van der Waals surface area (Å²) >= 11 is 1.94. The molecule has 6 heteroatoms. The molecule has 1 heterocycles. The first kappa shape index (κ1) is 21.6. The first-order chi connectivity index (χ1) is 11.4. The first-order valence-corrected chi connectivity index (χ1v) is 10.6. The Hall–Kier alpha value is -0.460. The second kappa shape index (κ2) is 11.2. The minimum Gasteiger partial charge on any atom is -0.381 e. The van der Waals surface area contributed by atoms with Gasteiger partial charge in [0.2, 0.25) is 0 Å². The number of rotatable bonds is 9. The molecule has 0 saturated carbocycles. The van der Waals surface area contributed by atoms with E-state index in [0.29, 0.717) is 12.1 Å².